The molecule has 3 rings (SSSR count). The summed E-state index contributed by atoms with van der Waals surface area (Å²) in [4.78, 5) is 15.7. The Labute approximate surface area is 221 Å². The lowest BCUT2D eigenvalue weighted by Crippen LogP contribution is -2.39. The minimum Gasteiger partial charge on any atom is -0.493 e. The summed E-state index contributed by atoms with van der Waals surface area (Å²) in [6.45, 7) is 12.6. The van der Waals surface area contributed by atoms with Crippen LogP contribution in [0.2, 0.25) is 0 Å². The van der Waals surface area contributed by atoms with Crippen molar-refractivity contribution in [3.63, 3.8) is 0 Å². The van der Waals surface area contributed by atoms with Crippen molar-refractivity contribution >= 4 is 11.6 Å². The lowest BCUT2D eigenvalue weighted by molar-refractivity contribution is 0.102. The van der Waals surface area contributed by atoms with E-state index in [-0.39, 0.29) is 5.91 Å². The van der Waals surface area contributed by atoms with Gasteiger partial charge in [0.25, 0.3) is 5.91 Å². The molecule has 0 heterocycles. The van der Waals surface area contributed by atoms with Gasteiger partial charge in [0, 0.05) is 30.4 Å². The predicted molar refractivity (Wildman–Crippen MR) is 151 cm³/mol. The van der Waals surface area contributed by atoms with Crippen molar-refractivity contribution in [3.8, 4) is 28.4 Å². The van der Waals surface area contributed by atoms with Crippen molar-refractivity contribution in [2.24, 2.45) is 0 Å². The van der Waals surface area contributed by atoms with Gasteiger partial charge in [0.1, 0.15) is 12.4 Å². The number of carbonyl (C=O) groups is 1. The second-order valence-electron chi connectivity index (χ2n) is 9.52. The average Bonchev–Trinajstić information content (AvgIpc) is 2.89. The van der Waals surface area contributed by atoms with E-state index in [1.54, 1.807) is 19.2 Å². The van der Waals surface area contributed by atoms with E-state index in [9.17, 15) is 4.79 Å². The monoisotopic (exact) mass is 504 g/mol. The molecule has 3 aromatic rings. The largest absolute Gasteiger partial charge is 0.493 e. The molecule has 6 nitrogen and oxygen atoms in total. The highest BCUT2D eigenvalue weighted by Crippen LogP contribution is 2.32. The third-order valence-corrected chi connectivity index (χ3v) is 6.15. The van der Waals surface area contributed by atoms with Crippen LogP contribution < -0.4 is 19.5 Å². The number of hydrogen-bond donors (Lipinski definition) is 1. The van der Waals surface area contributed by atoms with Crippen LogP contribution in [-0.4, -0.2) is 49.8 Å². The molecule has 37 heavy (non-hydrogen) atoms. The van der Waals surface area contributed by atoms with E-state index >= 15 is 0 Å². The number of ether oxygens (including phenoxy) is 3. The van der Waals surface area contributed by atoms with Crippen LogP contribution in [0.5, 0.6) is 17.2 Å². The molecule has 0 aliphatic heterocycles. The van der Waals surface area contributed by atoms with E-state index in [2.05, 4.69) is 37.9 Å². The summed E-state index contributed by atoms with van der Waals surface area (Å²) in [6, 6.07) is 22.0. The molecule has 0 aromatic heterocycles. The van der Waals surface area contributed by atoms with Gasteiger partial charge >= 0.3 is 0 Å². The Morgan fingerprint density at radius 2 is 1.51 bits per heavy atom. The molecular formula is C31H40N2O4. The van der Waals surface area contributed by atoms with Crippen molar-refractivity contribution in [2.75, 3.05) is 32.2 Å². The summed E-state index contributed by atoms with van der Waals surface area (Å²) in [7, 11) is 1.61. The van der Waals surface area contributed by atoms with Crippen LogP contribution in [0.3, 0.4) is 0 Å². The summed E-state index contributed by atoms with van der Waals surface area (Å²) in [5, 5.41) is 3.00. The SMILES string of the molecule is CCCOc1cc(-c2ccccc2)ccc1C(=O)Nc1ccc(OC)c(OCCN(C(C)C)C(C)C)c1. The molecule has 1 amide bonds. The quantitative estimate of drug-likeness (QED) is 0.274. The van der Waals surface area contributed by atoms with E-state index in [0.29, 0.717) is 53.8 Å². The zero-order valence-corrected chi connectivity index (χ0v) is 22.9. The predicted octanol–water partition coefficient (Wildman–Crippen LogP) is 6.90. The summed E-state index contributed by atoms with van der Waals surface area (Å²) >= 11 is 0. The Hall–Kier alpha value is -3.51. The van der Waals surface area contributed by atoms with Crippen LogP contribution >= 0.6 is 0 Å². The van der Waals surface area contributed by atoms with Crippen LogP contribution in [0.1, 0.15) is 51.4 Å². The van der Waals surface area contributed by atoms with Crippen molar-refractivity contribution in [3.05, 3.63) is 72.3 Å². The smallest absolute Gasteiger partial charge is 0.259 e. The van der Waals surface area contributed by atoms with E-state index in [4.69, 9.17) is 14.2 Å². The maximum atomic E-state index is 13.3. The molecule has 0 saturated carbocycles. The number of benzene rings is 3. The fraction of sp³-hybridized carbons (Fsp3) is 0.387. The molecule has 0 fully saturated rings. The second-order valence-corrected chi connectivity index (χ2v) is 9.52. The first-order valence-electron chi connectivity index (χ1n) is 13.0. The number of hydrogen-bond acceptors (Lipinski definition) is 5. The van der Waals surface area contributed by atoms with Gasteiger partial charge in [-0.05, 0) is 69.5 Å². The zero-order valence-electron chi connectivity index (χ0n) is 22.9. The van der Waals surface area contributed by atoms with E-state index in [0.717, 1.165) is 24.1 Å². The molecule has 0 spiro atoms. The first-order chi connectivity index (χ1) is 17.8. The lowest BCUT2D eigenvalue weighted by atomic mass is 10.0. The van der Waals surface area contributed by atoms with Crippen LogP contribution in [0.25, 0.3) is 11.1 Å². The highest BCUT2D eigenvalue weighted by molar-refractivity contribution is 6.06. The fourth-order valence-corrected chi connectivity index (χ4v) is 4.29. The molecular weight excluding hydrogens is 464 g/mol. The van der Waals surface area contributed by atoms with Gasteiger partial charge in [0.2, 0.25) is 0 Å². The Morgan fingerprint density at radius 3 is 2.16 bits per heavy atom. The topological polar surface area (TPSA) is 60.0 Å². The molecule has 0 aliphatic carbocycles. The first kappa shape index (κ1) is 28.1. The summed E-state index contributed by atoms with van der Waals surface area (Å²) in [5.41, 5.74) is 3.18. The molecule has 6 heteroatoms. The third kappa shape index (κ3) is 7.73. The zero-order chi connectivity index (χ0) is 26.8. The molecule has 0 unspecified atom stereocenters. The van der Waals surface area contributed by atoms with E-state index in [1.807, 2.05) is 61.5 Å². The van der Waals surface area contributed by atoms with Gasteiger partial charge in [-0.3, -0.25) is 9.69 Å². The van der Waals surface area contributed by atoms with E-state index in [1.165, 1.54) is 0 Å². The molecule has 0 bridgehead atoms. The van der Waals surface area contributed by atoms with Gasteiger partial charge in [0.15, 0.2) is 11.5 Å². The Kier molecular flexibility index (Phi) is 10.4. The summed E-state index contributed by atoms with van der Waals surface area (Å²) in [5.74, 6) is 1.54. The third-order valence-electron chi connectivity index (χ3n) is 6.15. The van der Waals surface area contributed by atoms with Crippen LogP contribution in [0, 0.1) is 0 Å². The molecule has 0 saturated heterocycles. The van der Waals surface area contributed by atoms with Crippen LogP contribution in [0.4, 0.5) is 5.69 Å². The molecule has 0 atom stereocenters. The summed E-state index contributed by atoms with van der Waals surface area (Å²) < 4.78 is 17.5. The van der Waals surface area contributed by atoms with Crippen LogP contribution in [0.15, 0.2) is 66.7 Å². The lowest BCUT2D eigenvalue weighted by Gasteiger charge is -2.30. The standard InChI is InChI=1S/C31H40N2O4/c1-7-18-36-29-20-25(24-11-9-8-10-12-24)13-15-27(29)31(34)32-26-14-16-28(35-6)30(21-26)37-19-17-33(22(2)3)23(4)5/h8-16,20-23H,7,17-19H2,1-6H3,(H,32,34). The average molecular weight is 505 g/mol. The van der Waals surface area contributed by atoms with E-state index < -0.39 is 0 Å². The van der Waals surface area contributed by atoms with Crippen molar-refractivity contribution < 1.29 is 19.0 Å². The number of nitrogens with zero attached hydrogens (tertiary/aromatic N) is 1. The number of carbonyl (C=O) groups excluding carboxylic acids is 1. The van der Waals surface area contributed by atoms with Crippen molar-refractivity contribution in [1.29, 1.82) is 0 Å². The summed E-state index contributed by atoms with van der Waals surface area (Å²) in [6.07, 6.45) is 0.848. The molecule has 3 aromatic carbocycles. The number of methoxy groups -OCH3 is 1. The maximum absolute atomic E-state index is 13.3. The Morgan fingerprint density at radius 1 is 0.811 bits per heavy atom. The molecule has 198 valence electrons. The number of nitrogens with one attached hydrogen (secondary N) is 1. The minimum absolute atomic E-state index is 0.243. The maximum Gasteiger partial charge on any atom is 0.259 e. The van der Waals surface area contributed by atoms with Gasteiger partial charge in [-0.2, -0.15) is 0 Å². The second kappa shape index (κ2) is 13.7. The minimum atomic E-state index is -0.243. The van der Waals surface area contributed by atoms with Gasteiger partial charge in [-0.1, -0.05) is 43.3 Å². The number of anilines is 1. The van der Waals surface area contributed by atoms with Gasteiger partial charge in [-0.25, -0.2) is 0 Å². The number of rotatable bonds is 13. The van der Waals surface area contributed by atoms with Crippen molar-refractivity contribution in [1.82, 2.24) is 4.90 Å². The van der Waals surface area contributed by atoms with Crippen LogP contribution in [-0.2, 0) is 0 Å². The normalized spacial score (nSPS) is 11.2. The highest BCUT2D eigenvalue weighted by atomic mass is 16.5. The van der Waals surface area contributed by atoms with Crippen molar-refractivity contribution in [2.45, 2.75) is 53.1 Å². The fourth-order valence-electron chi connectivity index (χ4n) is 4.29. The molecule has 0 radical (unpaired) electrons. The first-order valence-corrected chi connectivity index (χ1v) is 13.0. The number of amides is 1. The Bertz CT molecular complexity index is 1140. The highest BCUT2D eigenvalue weighted by Gasteiger charge is 2.17. The van der Waals surface area contributed by atoms with Gasteiger partial charge < -0.3 is 19.5 Å². The Balaban J connectivity index is 1.78. The molecule has 1 N–H and O–H groups in total. The van der Waals surface area contributed by atoms with Gasteiger partial charge in [-0.15, -0.1) is 0 Å². The molecule has 0 aliphatic rings. The van der Waals surface area contributed by atoms with Gasteiger partial charge in [0.05, 0.1) is 19.3 Å².